The van der Waals surface area contributed by atoms with Gasteiger partial charge in [-0.05, 0) is 31.0 Å². The second-order valence-electron chi connectivity index (χ2n) is 5.67. The van der Waals surface area contributed by atoms with Crippen LogP contribution < -0.4 is 5.32 Å². The van der Waals surface area contributed by atoms with Crippen LogP contribution in [0.1, 0.15) is 34.3 Å². The number of benzene rings is 1. The van der Waals surface area contributed by atoms with Crippen molar-refractivity contribution in [3.05, 3.63) is 34.9 Å². The maximum atomic E-state index is 12.1. The van der Waals surface area contributed by atoms with E-state index in [1.807, 2.05) is 26.0 Å². The number of imide groups is 1. The fourth-order valence-corrected chi connectivity index (χ4v) is 3.03. The molecule has 3 amide bonds. The maximum absolute atomic E-state index is 12.1. The van der Waals surface area contributed by atoms with E-state index in [2.05, 4.69) is 5.32 Å². The quantitative estimate of drug-likeness (QED) is 0.763. The minimum Gasteiger partial charge on any atom is -0.354 e. The molecule has 2 rings (SSSR count). The number of aryl methyl sites for hydroxylation is 2. The molecule has 1 saturated heterocycles. The molecule has 0 aliphatic carbocycles. The van der Waals surface area contributed by atoms with Crippen LogP contribution >= 0.6 is 11.8 Å². The van der Waals surface area contributed by atoms with Gasteiger partial charge in [-0.3, -0.25) is 24.1 Å². The lowest BCUT2D eigenvalue weighted by Gasteiger charge is -2.13. The molecule has 1 aromatic carbocycles. The van der Waals surface area contributed by atoms with Gasteiger partial charge in [-0.1, -0.05) is 23.9 Å². The van der Waals surface area contributed by atoms with Crippen LogP contribution in [-0.2, 0) is 9.59 Å². The molecule has 1 heterocycles. The van der Waals surface area contributed by atoms with E-state index >= 15 is 0 Å². The summed E-state index contributed by atoms with van der Waals surface area (Å²) < 4.78 is 0. The molecule has 128 valence electrons. The number of thioether (sulfide) groups is 1. The number of ketones is 1. The summed E-state index contributed by atoms with van der Waals surface area (Å²) >= 11 is 0.966. The third-order valence-corrected chi connectivity index (χ3v) is 4.76. The van der Waals surface area contributed by atoms with Crippen LogP contribution in [0.2, 0.25) is 0 Å². The number of rotatable bonds is 7. The van der Waals surface area contributed by atoms with Crippen molar-refractivity contribution in [3.8, 4) is 0 Å². The van der Waals surface area contributed by atoms with E-state index in [0.717, 1.165) is 27.8 Å². The lowest BCUT2D eigenvalue weighted by atomic mass is 10.0. The van der Waals surface area contributed by atoms with Crippen molar-refractivity contribution < 1.29 is 19.2 Å². The molecule has 0 radical (unpaired) electrons. The van der Waals surface area contributed by atoms with Gasteiger partial charge in [0.25, 0.3) is 5.24 Å². The highest BCUT2D eigenvalue weighted by Gasteiger charge is 2.29. The summed E-state index contributed by atoms with van der Waals surface area (Å²) in [6, 6.07) is 5.49. The number of Topliss-reactive ketones (excluding diaryl/α,β-unsaturated/α-hetero) is 1. The summed E-state index contributed by atoms with van der Waals surface area (Å²) in [5, 5.41) is 2.35. The van der Waals surface area contributed by atoms with Gasteiger partial charge < -0.3 is 5.32 Å². The molecule has 0 aromatic heterocycles. The van der Waals surface area contributed by atoms with E-state index < -0.39 is 0 Å². The van der Waals surface area contributed by atoms with Crippen LogP contribution in [0, 0.1) is 13.8 Å². The van der Waals surface area contributed by atoms with Crippen LogP contribution in [0.5, 0.6) is 0 Å². The second kappa shape index (κ2) is 8.10. The average molecular weight is 348 g/mol. The summed E-state index contributed by atoms with van der Waals surface area (Å²) in [6.45, 7) is 4.29. The number of carbonyl (C=O) groups excluding carboxylic acids is 4. The van der Waals surface area contributed by atoms with E-state index in [1.54, 1.807) is 6.07 Å². The molecule has 0 unspecified atom stereocenters. The van der Waals surface area contributed by atoms with Crippen molar-refractivity contribution in [2.24, 2.45) is 0 Å². The third kappa shape index (κ3) is 4.67. The van der Waals surface area contributed by atoms with Gasteiger partial charge in [0, 0.05) is 31.5 Å². The molecule has 0 saturated carbocycles. The number of nitrogens with one attached hydrogen (secondary N) is 1. The Kier molecular flexibility index (Phi) is 6.14. The third-order valence-electron chi connectivity index (χ3n) is 3.91. The molecular weight excluding hydrogens is 328 g/mol. The second-order valence-corrected chi connectivity index (χ2v) is 6.60. The highest BCUT2D eigenvalue weighted by Crippen LogP contribution is 2.17. The number of amides is 3. The van der Waals surface area contributed by atoms with E-state index in [-0.39, 0.29) is 54.5 Å². The maximum Gasteiger partial charge on any atom is 0.288 e. The molecule has 1 fully saturated rings. The Balaban J connectivity index is 1.72. The van der Waals surface area contributed by atoms with Gasteiger partial charge in [0.1, 0.15) is 0 Å². The first kappa shape index (κ1) is 18.2. The molecule has 0 spiro atoms. The van der Waals surface area contributed by atoms with E-state index in [9.17, 15) is 19.2 Å². The number of hydrogen-bond donors (Lipinski definition) is 1. The predicted molar refractivity (Wildman–Crippen MR) is 92.1 cm³/mol. The lowest BCUT2D eigenvalue weighted by molar-refractivity contribution is -0.125. The first-order valence-electron chi connectivity index (χ1n) is 7.72. The van der Waals surface area contributed by atoms with Gasteiger partial charge in [0.15, 0.2) is 5.78 Å². The fraction of sp³-hybridized carbons (Fsp3) is 0.412. The molecular formula is C17H20N2O4S. The highest BCUT2D eigenvalue weighted by atomic mass is 32.2. The summed E-state index contributed by atoms with van der Waals surface area (Å²) in [6.07, 6.45) is 0.216. The normalized spacial score (nSPS) is 14.2. The monoisotopic (exact) mass is 348 g/mol. The molecule has 24 heavy (non-hydrogen) atoms. The van der Waals surface area contributed by atoms with Gasteiger partial charge in [0.05, 0.1) is 5.75 Å². The van der Waals surface area contributed by atoms with Crippen LogP contribution in [-0.4, -0.2) is 46.6 Å². The topological polar surface area (TPSA) is 83.6 Å². The van der Waals surface area contributed by atoms with Gasteiger partial charge >= 0.3 is 0 Å². The molecule has 1 aromatic rings. The zero-order valence-corrected chi connectivity index (χ0v) is 14.6. The molecule has 1 aliphatic rings. The fourth-order valence-electron chi connectivity index (χ4n) is 2.28. The van der Waals surface area contributed by atoms with Gasteiger partial charge in [-0.2, -0.15) is 0 Å². The predicted octanol–water partition coefficient (Wildman–Crippen LogP) is 2.08. The Hall–Kier alpha value is -2.15. The summed E-state index contributed by atoms with van der Waals surface area (Å²) in [5.74, 6) is -0.408. The lowest BCUT2D eigenvalue weighted by Crippen LogP contribution is -2.37. The van der Waals surface area contributed by atoms with Crippen LogP contribution in [0.4, 0.5) is 4.79 Å². The molecule has 1 N–H and O–H groups in total. The summed E-state index contributed by atoms with van der Waals surface area (Å²) in [4.78, 5) is 47.8. The van der Waals surface area contributed by atoms with E-state index in [0.29, 0.717) is 5.56 Å². The minimum atomic E-state index is -0.279. The number of hydrogen-bond acceptors (Lipinski definition) is 5. The zero-order chi connectivity index (χ0) is 17.7. The van der Waals surface area contributed by atoms with Crippen LogP contribution in [0.15, 0.2) is 18.2 Å². The number of carbonyl (C=O) groups is 4. The molecule has 0 atom stereocenters. The Morgan fingerprint density at radius 3 is 2.54 bits per heavy atom. The Morgan fingerprint density at radius 1 is 1.17 bits per heavy atom. The standard InChI is InChI=1S/C17H20N2O4S/c1-11-3-4-13(9-12(11)2)14(20)5-6-15(21)18-7-8-19-16(22)10-24-17(19)23/h3-4,9H,5-8,10H2,1-2H3,(H,18,21). The Labute approximate surface area is 145 Å². The van der Waals surface area contributed by atoms with Gasteiger partial charge in [-0.15, -0.1) is 0 Å². The van der Waals surface area contributed by atoms with Crippen molar-refractivity contribution in [1.82, 2.24) is 10.2 Å². The molecule has 7 heteroatoms. The van der Waals surface area contributed by atoms with Crippen LogP contribution in [0.3, 0.4) is 0 Å². The largest absolute Gasteiger partial charge is 0.354 e. The molecule has 0 bridgehead atoms. The minimum absolute atomic E-state index is 0.0745. The smallest absolute Gasteiger partial charge is 0.288 e. The van der Waals surface area contributed by atoms with Crippen molar-refractivity contribution in [1.29, 1.82) is 0 Å². The van der Waals surface area contributed by atoms with Crippen LogP contribution in [0.25, 0.3) is 0 Å². The first-order valence-corrected chi connectivity index (χ1v) is 8.71. The average Bonchev–Trinajstić information content (AvgIpc) is 2.87. The summed E-state index contributed by atoms with van der Waals surface area (Å²) in [7, 11) is 0. The van der Waals surface area contributed by atoms with Gasteiger partial charge in [-0.25, -0.2) is 0 Å². The van der Waals surface area contributed by atoms with Crippen molar-refractivity contribution in [3.63, 3.8) is 0 Å². The van der Waals surface area contributed by atoms with Crippen molar-refractivity contribution >= 4 is 34.6 Å². The first-order chi connectivity index (χ1) is 11.4. The van der Waals surface area contributed by atoms with Crippen molar-refractivity contribution in [2.75, 3.05) is 18.8 Å². The van der Waals surface area contributed by atoms with Gasteiger partial charge in [0.2, 0.25) is 11.8 Å². The SMILES string of the molecule is Cc1ccc(C(=O)CCC(=O)NCCN2C(=O)CSC2=O)cc1C. The molecule has 1 aliphatic heterocycles. The molecule has 6 nitrogen and oxygen atoms in total. The van der Waals surface area contributed by atoms with Crippen molar-refractivity contribution in [2.45, 2.75) is 26.7 Å². The highest BCUT2D eigenvalue weighted by molar-refractivity contribution is 8.14. The van der Waals surface area contributed by atoms with E-state index in [4.69, 9.17) is 0 Å². The summed E-state index contributed by atoms with van der Waals surface area (Å²) in [5.41, 5.74) is 2.77. The Morgan fingerprint density at radius 2 is 1.92 bits per heavy atom. The number of nitrogens with zero attached hydrogens (tertiary/aromatic N) is 1. The zero-order valence-electron chi connectivity index (χ0n) is 13.8. The Bertz CT molecular complexity index is 671. The van der Waals surface area contributed by atoms with E-state index in [1.165, 1.54) is 0 Å².